The molecule has 0 bridgehead atoms. The lowest BCUT2D eigenvalue weighted by molar-refractivity contribution is -0.115. The number of benzene rings is 2. The Morgan fingerprint density at radius 3 is 2.27 bits per heavy atom. The van der Waals surface area contributed by atoms with Crippen LogP contribution < -0.4 is 5.32 Å². The summed E-state index contributed by atoms with van der Waals surface area (Å²) in [5.41, 5.74) is 1.47. The summed E-state index contributed by atoms with van der Waals surface area (Å²) in [6.45, 7) is 3.37. The van der Waals surface area contributed by atoms with E-state index in [1.165, 1.54) is 30.0 Å². The summed E-state index contributed by atoms with van der Waals surface area (Å²) >= 11 is 2.70. The molecule has 1 amide bonds. The Hall–Kier alpha value is -2.44. The van der Waals surface area contributed by atoms with Gasteiger partial charge in [0.2, 0.25) is 5.91 Å². The second-order valence-electron chi connectivity index (χ2n) is 5.68. The zero-order valence-corrected chi connectivity index (χ0v) is 16.1. The summed E-state index contributed by atoms with van der Waals surface area (Å²) < 4.78 is 0. The largest absolute Gasteiger partial charge is 0.301 e. The summed E-state index contributed by atoms with van der Waals surface area (Å²) in [5, 5.41) is 3.01. The second kappa shape index (κ2) is 8.29. The fourth-order valence-corrected chi connectivity index (χ4v) is 4.14. The summed E-state index contributed by atoms with van der Waals surface area (Å²) in [4.78, 5) is 30.5. The van der Waals surface area contributed by atoms with E-state index < -0.39 is 0 Å². The minimum Gasteiger partial charge on any atom is -0.301 e. The van der Waals surface area contributed by atoms with Crippen molar-refractivity contribution in [3.05, 3.63) is 65.5 Å². The number of thiazole rings is 1. The number of thioether (sulfide) groups is 1. The number of ketones is 1. The van der Waals surface area contributed by atoms with Gasteiger partial charge in [-0.1, -0.05) is 59.9 Å². The van der Waals surface area contributed by atoms with E-state index in [-0.39, 0.29) is 16.9 Å². The summed E-state index contributed by atoms with van der Waals surface area (Å²) in [6.07, 6.45) is 0. The molecule has 1 N–H and O–H groups in total. The summed E-state index contributed by atoms with van der Waals surface area (Å²) in [5.74, 6) is -0.198. The maximum Gasteiger partial charge on any atom is 0.239 e. The molecule has 0 radical (unpaired) electrons. The van der Waals surface area contributed by atoms with E-state index in [9.17, 15) is 9.59 Å². The number of nitrogens with one attached hydrogen (secondary N) is 1. The van der Waals surface area contributed by atoms with Gasteiger partial charge < -0.3 is 5.32 Å². The normalized spacial score (nSPS) is 11.8. The van der Waals surface area contributed by atoms with Gasteiger partial charge in [-0.3, -0.25) is 9.59 Å². The number of amides is 1. The van der Waals surface area contributed by atoms with Crippen molar-refractivity contribution in [1.29, 1.82) is 0 Å². The molecule has 6 heteroatoms. The molecule has 1 atom stereocenters. The number of carbonyl (C=O) groups is 2. The average Bonchev–Trinajstić information content (AvgIpc) is 3.07. The molecule has 0 aliphatic heterocycles. The van der Waals surface area contributed by atoms with Crippen molar-refractivity contribution in [3.63, 3.8) is 0 Å². The van der Waals surface area contributed by atoms with Crippen molar-refractivity contribution in [2.24, 2.45) is 0 Å². The SMILES string of the molecule is CC(=O)c1sc(NC(=O)C(C)Sc2ccccc2)nc1-c1ccccc1. The molecule has 0 saturated carbocycles. The smallest absolute Gasteiger partial charge is 0.239 e. The lowest BCUT2D eigenvalue weighted by Gasteiger charge is -2.10. The lowest BCUT2D eigenvalue weighted by atomic mass is 10.1. The Morgan fingerprint density at radius 1 is 1.04 bits per heavy atom. The number of hydrogen-bond donors (Lipinski definition) is 1. The van der Waals surface area contributed by atoms with Gasteiger partial charge in [-0.05, 0) is 19.1 Å². The van der Waals surface area contributed by atoms with Crippen LogP contribution in [-0.2, 0) is 4.79 Å². The summed E-state index contributed by atoms with van der Waals surface area (Å²) in [6, 6.07) is 19.3. The van der Waals surface area contributed by atoms with Gasteiger partial charge in [0, 0.05) is 17.4 Å². The third-order valence-electron chi connectivity index (χ3n) is 3.65. The number of rotatable bonds is 6. The van der Waals surface area contributed by atoms with Gasteiger partial charge in [-0.2, -0.15) is 0 Å². The third-order valence-corrected chi connectivity index (χ3v) is 5.83. The van der Waals surface area contributed by atoms with E-state index in [4.69, 9.17) is 0 Å². The van der Waals surface area contributed by atoms with Crippen LogP contribution in [0.25, 0.3) is 11.3 Å². The average molecular weight is 383 g/mol. The van der Waals surface area contributed by atoms with Crippen molar-refractivity contribution >= 4 is 39.9 Å². The Labute approximate surface area is 160 Å². The van der Waals surface area contributed by atoms with Gasteiger partial charge >= 0.3 is 0 Å². The predicted octanol–water partition coefficient (Wildman–Crippen LogP) is 5.13. The second-order valence-corrected chi connectivity index (χ2v) is 8.09. The van der Waals surface area contributed by atoms with E-state index in [2.05, 4.69) is 10.3 Å². The molecule has 3 aromatic rings. The van der Waals surface area contributed by atoms with Gasteiger partial charge in [0.15, 0.2) is 10.9 Å². The van der Waals surface area contributed by atoms with E-state index in [1.807, 2.05) is 67.6 Å². The molecule has 26 heavy (non-hydrogen) atoms. The van der Waals surface area contributed by atoms with E-state index in [1.54, 1.807) is 0 Å². The highest BCUT2D eigenvalue weighted by molar-refractivity contribution is 8.00. The van der Waals surface area contributed by atoms with Crippen LogP contribution in [0.3, 0.4) is 0 Å². The summed E-state index contributed by atoms with van der Waals surface area (Å²) in [7, 11) is 0. The molecule has 3 rings (SSSR count). The fraction of sp³-hybridized carbons (Fsp3) is 0.150. The number of Topliss-reactive ketones (excluding diaryl/α,β-unsaturated/α-hetero) is 1. The van der Waals surface area contributed by atoms with Crippen molar-refractivity contribution in [3.8, 4) is 11.3 Å². The van der Waals surface area contributed by atoms with Crippen LogP contribution >= 0.6 is 23.1 Å². The number of aromatic nitrogens is 1. The first-order chi connectivity index (χ1) is 12.5. The molecule has 4 nitrogen and oxygen atoms in total. The molecule has 0 spiro atoms. The molecule has 1 unspecified atom stereocenters. The van der Waals surface area contributed by atoms with Crippen LogP contribution in [0.5, 0.6) is 0 Å². The van der Waals surface area contributed by atoms with E-state index in [0.717, 1.165) is 10.5 Å². The van der Waals surface area contributed by atoms with Crippen molar-refractivity contribution in [2.75, 3.05) is 5.32 Å². The first-order valence-electron chi connectivity index (χ1n) is 8.14. The number of nitrogens with zero attached hydrogens (tertiary/aromatic N) is 1. The van der Waals surface area contributed by atoms with Crippen LogP contribution in [0.1, 0.15) is 23.5 Å². The van der Waals surface area contributed by atoms with Gasteiger partial charge in [0.05, 0.1) is 15.8 Å². The highest BCUT2D eigenvalue weighted by Crippen LogP contribution is 2.32. The highest BCUT2D eigenvalue weighted by Gasteiger charge is 2.20. The highest BCUT2D eigenvalue weighted by atomic mass is 32.2. The molecule has 0 aliphatic rings. The molecule has 2 aromatic carbocycles. The minimum absolute atomic E-state index is 0.0615. The lowest BCUT2D eigenvalue weighted by Crippen LogP contribution is -2.22. The van der Waals surface area contributed by atoms with E-state index >= 15 is 0 Å². The van der Waals surface area contributed by atoms with Crippen LogP contribution in [-0.4, -0.2) is 21.9 Å². The number of hydrogen-bond acceptors (Lipinski definition) is 5. The van der Waals surface area contributed by atoms with Gasteiger partial charge in [-0.15, -0.1) is 11.8 Å². The van der Waals surface area contributed by atoms with Crippen molar-refractivity contribution in [1.82, 2.24) is 4.98 Å². The van der Waals surface area contributed by atoms with E-state index in [0.29, 0.717) is 15.7 Å². The number of carbonyl (C=O) groups excluding carboxylic acids is 2. The molecule has 1 heterocycles. The molecule has 0 fully saturated rings. The molecular formula is C20H18N2O2S2. The van der Waals surface area contributed by atoms with Crippen LogP contribution in [0.2, 0.25) is 0 Å². The molecule has 132 valence electrons. The van der Waals surface area contributed by atoms with Gasteiger partial charge in [0.25, 0.3) is 0 Å². The zero-order chi connectivity index (χ0) is 18.5. The van der Waals surface area contributed by atoms with Crippen LogP contribution in [0, 0.1) is 0 Å². The number of anilines is 1. The Kier molecular flexibility index (Phi) is 5.85. The van der Waals surface area contributed by atoms with Gasteiger partial charge in [0.1, 0.15) is 0 Å². The van der Waals surface area contributed by atoms with Crippen LogP contribution in [0.4, 0.5) is 5.13 Å². The minimum atomic E-state index is -0.276. The van der Waals surface area contributed by atoms with Gasteiger partial charge in [-0.25, -0.2) is 4.98 Å². The first kappa shape index (κ1) is 18.4. The van der Waals surface area contributed by atoms with Crippen molar-refractivity contribution in [2.45, 2.75) is 24.0 Å². The Morgan fingerprint density at radius 2 is 1.65 bits per heavy atom. The maximum atomic E-state index is 12.5. The first-order valence-corrected chi connectivity index (χ1v) is 9.84. The predicted molar refractivity (Wildman–Crippen MR) is 108 cm³/mol. The maximum absolute atomic E-state index is 12.5. The molecule has 0 saturated heterocycles. The standard InChI is InChI=1S/C20H18N2O2S2/c1-13(23)18-17(15-9-5-3-6-10-15)21-20(26-18)22-19(24)14(2)25-16-11-7-4-8-12-16/h3-12,14H,1-2H3,(H,21,22,24). The quantitative estimate of drug-likeness (QED) is 0.474. The monoisotopic (exact) mass is 382 g/mol. The fourth-order valence-electron chi connectivity index (χ4n) is 2.37. The Bertz CT molecular complexity index is 908. The molecular weight excluding hydrogens is 364 g/mol. The zero-order valence-electron chi connectivity index (χ0n) is 14.4. The third kappa shape index (κ3) is 4.39. The molecule has 0 aliphatic carbocycles. The van der Waals surface area contributed by atoms with Crippen LogP contribution in [0.15, 0.2) is 65.6 Å². The Balaban J connectivity index is 1.77. The van der Waals surface area contributed by atoms with Crippen molar-refractivity contribution < 1.29 is 9.59 Å². The molecule has 1 aromatic heterocycles. The topological polar surface area (TPSA) is 59.1 Å².